The van der Waals surface area contributed by atoms with Crippen LogP contribution in [0.25, 0.3) is 0 Å². The lowest BCUT2D eigenvalue weighted by atomic mass is 10.3. The molecule has 2 rings (SSSR count). The molecule has 2 heterocycles. The summed E-state index contributed by atoms with van der Waals surface area (Å²) in [6.07, 6.45) is -0.0284. The lowest BCUT2D eigenvalue weighted by molar-refractivity contribution is -0.134. The second-order valence-electron chi connectivity index (χ2n) is 4.96. The molecule has 0 bridgehead atoms. The molecule has 8 nitrogen and oxygen atoms in total. The Morgan fingerprint density at radius 3 is 2.43 bits per heavy atom. The number of piperazine rings is 1. The van der Waals surface area contributed by atoms with Crippen molar-refractivity contribution >= 4 is 18.1 Å². The topological polar surface area (TPSA) is 79.4 Å². The lowest BCUT2D eigenvalue weighted by Gasteiger charge is -2.35. The molecule has 118 valence electrons. The lowest BCUT2D eigenvalue weighted by Crippen LogP contribution is -2.53. The molecule has 0 spiro atoms. The molecule has 2 saturated heterocycles. The van der Waals surface area contributed by atoms with E-state index in [1.54, 1.807) is 16.7 Å². The van der Waals surface area contributed by atoms with Gasteiger partial charge in [-0.05, 0) is 13.3 Å². The van der Waals surface area contributed by atoms with Crippen LogP contribution >= 0.6 is 0 Å². The van der Waals surface area contributed by atoms with Gasteiger partial charge < -0.3 is 19.3 Å². The van der Waals surface area contributed by atoms with E-state index in [1.807, 2.05) is 0 Å². The fourth-order valence-corrected chi connectivity index (χ4v) is 2.36. The molecule has 0 atom stereocenters. The van der Waals surface area contributed by atoms with Crippen molar-refractivity contribution in [2.45, 2.75) is 13.3 Å². The third kappa shape index (κ3) is 3.99. The van der Waals surface area contributed by atoms with E-state index in [-0.39, 0.29) is 18.5 Å². The first kappa shape index (κ1) is 15.4. The van der Waals surface area contributed by atoms with Gasteiger partial charge in [0.1, 0.15) is 6.54 Å². The Balaban J connectivity index is 1.77. The predicted octanol–water partition coefficient (Wildman–Crippen LogP) is 0.129. The number of carbonyl (C=O) groups excluding carboxylic acids is 3. The molecule has 2 aliphatic rings. The van der Waals surface area contributed by atoms with E-state index in [9.17, 15) is 14.4 Å². The van der Waals surface area contributed by atoms with Crippen molar-refractivity contribution in [1.82, 2.24) is 14.7 Å². The van der Waals surface area contributed by atoms with Crippen LogP contribution in [0.1, 0.15) is 13.3 Å². The maximum Gasteiger partial charge on any atom is 0.410 e. The van der Waals surface area contributed by atoms with Crippen molar-refractivity contribution < 1.29 is 23.9 Å². The molecule has 0 saturated carbocycles. The Bertz CT molecular complexity index is 407. The van der Waals surface area contributed by atoms with Crippen LogP contribution in [0.4, 0.5) is 9.59 Å². The normalized spacial score (nSPS) is 19.3. The Morgan fingerprint density at radius 2 is 1.81 bits per heavy atom. The molecule has 0 aliphatic carbocycles. The van der Waals surface area contributed by atoms with Gasteiger partial charge in [0.15, 0.2) is 0 Å². The summed E-state index contributed by atoms with van der Waals surface area (Å²) in [5.41, 5.74) is 0. The van der Waals surface area contributed by atoms with E-state index in [2.05, 4.69) is 0 Å². The van der Waals surface area contributed by atoms with Gasteiger partial charge in [-0.25, -0.2) is 9.59 Å². The van der Waals surface area contributed by atoms with Gasteiger partial charge in [-0.3, -0.25) is 9.69 Å². The van der Waals surface area contributed by atoms with Crippen LogP contribution in [0.5, 0.6) is 0 Å². The smallest absolute Gasteiger partial charge is 0.410 e. The predicted molar refractivity (Wildman–Crippen MR) is 72.7 cm³/mol. The minimum absolute atomic E-state index is 0.0399. The highest BCUT2D eigenvalue weighted by Crippen LogP contribution is 2.08. The van der Waals surface area contributed by atoms with Gasteiger partial charge in [0.25, 0.3) is 0 Å². The van der Waals surface area contributed by atoms with E-state index in [1.165, 1.54) is 4.90 Å². The summed E-state index contributed by atoms with van der Waals surface area (Å²) in [6.45, 7) is 4.93. The summed E-state index contributed by atoms with van der Waals surface area (Å²) in [5.74, 6) is -0.114. The zero-order valence-corrected chi connectivity index (χ0v) is 12.2. The van der Waals surface area contributed by atoms with Crippen molar-refractivity contribution in [2.24, 2.45) is 0 Å². The third-order valence-corrected chi connectivity index (χ3v) is 3.54. The van der Waals surface area contributed by atoms with Crippen LogP contribution in [-0.4, -0.2) is 85.3 Å². The van der Waals surface area contributed by atoms with Crippen molar-refractivity contribution in [1.29, 1.82) is 0 Å². The molecule has 0 unspecified atom stereocenters. The van der Waals surface area contributed by atoms with Gasteiger partial charge in [0.05, 0.1) is 13.2 Å². The molecule has 3 amide bonds. The Kier molecular flexibility index (Phi) is 5.24. The fourth-order valence-electron chi connectivity index (χ4n) is 2.36. The summed E-state index contributed by atoms with van der Waals surface area (Å²) < 4.78 is 9.83. The molecule has 21 heavy (non-hydrogen) atoms. The number of hydrogen-bond donors (Lipinski definition) is 0. The standard InChI is InChI=1S/C13H21N3O5/c1-2-20-12(18)15-7-5-14(6-8-15)11(17)10-16-4-3-9-21-13(16)19/h2-10H2,1H3. The first-order valence-electron chi connectivity index (χ1n) is 7.23. The molecular weight excluding hydrogens is 278 g/mol. The van der Waals surface area contributed by atoms with Gasteiger partial charge in [0.2, 0.25) is 5.91 Å². The van der Waals surface area contributed by atoms with E-state index in [0.717, 1.165) is 6.42 Å². The molecule has 8 heteroatoms. The van der Waals surface area contributed by atoms with Gasteiger partial charge >= 0.3 is 12.2 Å². The first-order chi connectivity index (χ1) is 10.1. The van der Waals surface area contributed by atoms with E-state index in [4.69, 9.17) is 9.47 Å². The minimum atomic E-state index is -0.431. The first-order valence-corrected chi connectivity index (χ1v) is 7.23. The van der Waals surface area contributed by atoms with Crippen molar-refractivity contribution in [3.8, 4) is 0 Å². The Labute approximate surface area is 123 Å². The van der Waals surface area contributed by atoms with Gasteiger partial charge in [-0.15, -0.1) is 0 Å². The van der Waals surface area contributed by atoms with Gasteiger partial charge in [-0.1, -0.05) is 0 Å². The molecule has 0 aromatic heterocycles. The fraction of sp³-hybridized carbons (Fsp3) is 0.769. The second kappa shape index (κ2) is 7.14. The van der Waals surface area contributed by atoms with Crippen molar-refractivity contribution in [3.05, 3.63) is 0 Å². The largest absolute Gasteiger partial charge is 0.450 e. The summed E-state index contributed by atoms with van der Waals surface area (Å²) >= 11 is 0. The molecule has 2 aliphatic heterocycles. The zero-order valence-electron chi connectivity index (χ0n) is 12.2. The SMILES string of the molecule is CCOC(=O)N1CCN(C(=O)CN2CCCOC2=O)CC1. The molecule has 2 fully saturated rings. The summed E-state index contributed by atoms with van der Waals surface area (Å²) in [7, 11) is 0. The summed E-state index contributed by atoms with van der Waals surface area (Å²) in [4.78, 5) is 39.9. The molecule has 0 aromatic rings. The summed E-state index contributed by atoms with van der Waals surface area (Å²) in [6, 6.07) is 0. The highest BCUT2D eigenvalue weighted by Gasteiger charge is 2.28. The molecule has 0 radical (unpaired) electrons. The highest BCUT2D eigenvalue weighted by atomic mass is 16.6. The van der Waals surface area contributed by atoms with E-state index < -0.39 is 6.09 Å². The average molecular weight is 299 g/mol. The number of cyclic esters (lactones) is 1. The van der Waals surface area contributed by atoms with Crippen LogP contribution < -0.4 is 0 Å². The van der Waals surface area contributed by atoms with Crippen LogP contribution in [-0.2, 0) is 14.3 Å². The van der Waals surface area contributed by atoms with Gasteiger partial charge in [0, 0.05) is 32.7 Å². The van der Waals surface area contributed by atoms with Crippen LogP contribution in [0.2, 0.25) is 0 Å². The quantitative estimate of drug-likeness (QED) is 0.740. The number of rotatable bonds is 3. The van der Waals surface area contributed by atoms with Crippen molar-refractivity contribution in [2.75, 3.05) is 52.5 Å². The third-order valence-electron chi connectivity index (χ3n) is 3.54. The number of ether oxygens (including phenoxy) is 2. The molecule has 0 aromatic carbocycles. The van der Waals surface area contributed by atoms with Crippen LogP contribution in [0.3, 0.4) is 0 Å². The maximum atomic E-state index is 12.2. The molecule has 0 N–H and O–H groups in total. The average Bonchev–Trinajstić information content (AvgIpc) is 2.50. The second-order valence-corrected chi connectivity index (χ2v) is 4.96. The van der Waals surface area contributed by atoms with Crippen molar-refractivity contribution in [3.63, 3.8) is 0 Å². The summed E-state index contributed by atoms with van der Waals surface area (Å²) in [5, 5.41) is 0. The van der Waals surface area contributed by atoms with E-state index in [0.29, 0.717) is 45.9 Å². The monoisotopic (exact) mass is 299 g/mol. The number of hydrogen-bond acceptors (Lipinski definition) is 5. The number of amides is 3. The number of nitrogens with zero attached hydrogens (tertiary/aromatic N) is 3. The highest BCUT2D eigenvalue weighted by molar-refractivity contribution is 5.82. The van der Waals surface area contributed by atoms with Crippen LogP contribution in [0, 0.1) is 0 Å². The van der Waals surface area contributed by atoms with Crippen LogP contribution in [0.15, 0.2) is 0 Å². The van der Waals surface area contributed by atoms with Gasteiger partial charge in [-0.2, -0.15) is 0 Å². The Morgan fingerprint density at radius 1 is 1.14 bits per heavy atom. The van der Waals surface area contributed by atoms with E-state index >= 15 is 0 Å². The minimum Gasteiger partial charge on any atom is -0.450 e. The zero-order chi connectivity index (χ0) is 15.2. The molecular formula is C13H21N3O5. The Hall–Kier alpha value is -1.99. The number of carbonyl (C=O) groups is 3. The maximum absolute atomic E-state index is 12.2.